The van der Waals surface area contributed by atoms with Crippen molar-refractivity contribution in [2.45, 2.75) is 32.5 Å². The molecule has 3 aromatic heterocycles. The number of carbonyl (C=O) groups is 1. The topological polar surface area (TPSA) is 55.2 Å². The SMILES string of the molecule is CCC1(F)CN(C(=O)Cn2ccc3scc(-c4cnc(F)c(C)c4)c3c2=O)C1. The van der Waals surface area contributed by atoms with Crippen molar-refractivity contribution < 1.29 is 13.6 Å². The Morgan fingerprint density at radius 1 is 1.39 bits per heavy atom. The molecule has 146 valence electrons. The molecule has 28 heavy (non-hydrogen) atoms. The fourth-order valence-electron chi connectivity index (χ4n) is 3.41. The van der Waals surface area contributed by atoms with E-state index in [9.17, 15) is 18.4 Å². The van der Waals surface area contributed by atoms with E-state index in [-0.39, 0.29) is 31.1 Å². The summed E-state index contributed by atoms with van der Waals surface area (Å²) in [7, 11) is 0. The van der Waals surface area contributed by atoms with Gasteiger partial charge in [0.25, 0.3) is 5.56 Å². The smallest absolute Gasteiger partial charge is 0.260 e. The molecule has 3 aromatic rings. The lowest BCUT2D eigenvalue weighted by Gasteiger charge is -2.44. The summed E-state index contributed by atoms with van der Waals surface area (Å²) in [5.74, 6) is -0.823. The third-order valence-corrected chi connectivity index (χ3v) is 6.21. The van der Waals surface area contributed by atoms with Gasteiger partial charge in [0.05, 0.1) is 18.5 Å². The van der Waals surface area contributed by atoms with Crippen molar-refractivity contribution >= 4 is 27.3 Å². The number of pyridine rings is 2. The Morgan fingerprint density at radius 2 is 2.14 bits per heavy atom. The molecule has 0 aromatic carbocycles. The molecule has 1 fully saturated rings. The molecule has 0 aliphatic carbocycles. The highest BCUT2D eigenvalue weighted by Crippen LogP contribution is 2.32. The summed E-state index contributed by atoms with van der Waals surface area (Å²) in [5, 5.41) is 2.31. The molecule has 1 saturated heterocycles. The zero-order valence-corrected chi connectivity index (χ0v) is 16.4. The summed E-state index contributed by atoms with van der Waals surface area (Å²) >= 11 is 1.41. The van der Waals surface area contributed by atoms with Crippen LogP contribution in [0.2, 0.25) is 0 Å². The average Bonchev–Trinajstić information content (AvgIpc) is 3.08. The number of amides is 1. The van der Waals surface area contributed by atoms with Gasteiger partial charge in [-0.1, -0.05) is 6.92 Å². The van der Waals surface area contributed by atoms with Crippen LogP contribution >= 0.6 is 11.3 Å². The first-order chi connectivity index (χ1) is 13.3. The van der Waals surface area contributed by atoms with E-state index in [4.69, 9.17) is 0 Å². The van der Waals surface area contributed by atoms with Crippen LogP contribution in [0.4, 0.5) is 8.78 Å². The quantitative estimate of drug-likeness (QED) is 0.626. The van der Waals surface area contributed by atoms with Gasteiger partial charge in [0.1, 0.15) is 12.2 Å². The van der Waals surface area contributed by atoms with Gasteiger partial charge < -0.3 is 9.47 Å². The van der Waals surface area contributed by atoms with E-state index in [1.165, 1.54) is 27.0 Å². The maximum absolute atomic E-state index is 14.0. The molecule has 4 rings (SSSR count). The fraction of sp³-hybridized carbons (Fsp3) is 0.350. The third kappa shape index (κ3) is 3.11. The Bertz CT molecular complexity index is 1130. The number of halogens is 2. The molecule has 0 unspecified atom stereocenters. The van der Waals surface area contributed by atoms with Crippen LogP contribution in [0.3, 0.4) is 0 Å². The molecule has 5 nitrogen and oxygen atoms in total. The Hall–Kier alpha value is -2.61. The molecule has 0 saturated carbocycles. The Kier molecular flexibility index (Phi) is 4.53. The van der Waals surface area contributed by atoms with Gasteiger partial charge in [-0.05, 0) is 25.5 Å². The number of rotatable bonds is 4. The number of alkyl halides is 1. The number of likely N-dealkylation sites (tertiary alicyclic amines) is 1. The highest BCUT2D eigenvalue weighted by atomic mass is 32.1. The molecule has 1 amide bonds. The normalized spacial score (nSPS) is 15.6. The van der Waals surface area contributed by atoms with E-state index in [1.54, 1.807) is 32.2 Å². The average molecular weight is 403 g/mol. The number of nitrogens with zero attached hydrogens (tertiary/aromatic N) is 3. The van der Waals surface area contributed by atoms with E-state index in [2.05, 4.69) is 4.98 Å². The number of hydrogen-bond acceptors (Lipinski definition) is 4. The molecule has 1 aliphatic heterocycles. The maximum Gasteiger partial charge on any atom is 0.260 e. The van der Waals surface area contributed by atoms with Crippen LogP contribution in [0.15, 0.2) is 34.7 Å². The number of hydrogen-bond donors (Lipinski definition) is 0. The Morgan fingerprint density at radius 3 is 2.82 bits per heavy atom. The van der Waals surface area contributed by atoms with Crippen LogP contribution in [0, 0.1) is 12.9 Å². The lowest BCUT2D eigenvalue weighted by atomic mass is 9.93. The number of fused-ring (bicyclic) bond motifs is 1. The molecular weight excluding hydrogens is 384 g/mol. The molecule has 8 heteroatoms. The second-order valence-electron chi connectivity index (χ2n) is 7.22. The van der Waals surface area contributed by atoms with Gasteiger partial charge >= 0.3 is 0 Å². The van der Waals surface area contributed by atoms with Crippen LogP contribution in [0.5, 0.6) is 0 Å². The summed E-state index contributed by atoms with van der Waals surface area (Å²) in [5.41, 5.74) is 0.107. The van der Waals surface area contributed by atoms with Crippen LogP contribution in [-0.4, -0.2) is 39.1 Å². The van der Waals surface area contributed by atoms with Gasteiger partial charge in [0, 0.05) is 39.2 Å². The minimum Gasteiger partial charge on any atom is -0.335 e. The molecule has 0 bridgehead atoms. The van der Waals surface area contributed by atoms with Gasteiger partial charge in [-0.15, -0.1) is 11.3 Å². The Labute approximate surface area is 164 Å². The maximum atomic E-state index is 14.0. The summed E-state index contributed by atoms with van der Waals surface area (Å²) < 4.78 is 29.7. The number of aryl methyl sites for hydroxylation is 1. The highest BCUT2D eigenvalue weighted by molar-refractivity contribution is 7.17. The van der Waals surface area contributed by atoms with Gasteiger partial charge in [0.15, 0.2) is 0 Å². The van der Waals surface area contributed by atoms with Crippen molar-refractivity contribution in [3.63, 3.8) is 0 Å². The van der Waals surface area contributed by atoms with Gasteiger partial charge in [-0.2, -0.15) is 4.39 Å². The first-order valence-corrected chi connectivity index (χ1v) is 9.89. The minimum atomic E-state index is -1.31. The summed E-state index contributed by atoms with van der Waals surface area (Å²) in [6.45, 7) is 3.38. The molecule has 1 aliphatic rings. The third-order valence-electron chi connectivity index (χ3n) is 5.27. The number of carbonyl (C=O) groups excluding carboxylic acids is 1. The zero-order chi connectivity index (χ0) is 20.1. The van der Waals surface area contributed by atoms with Crippen molar-refractivity contribution in [3.8, 4) is 11.1 Å². The molecule has 0 spiro atoms. The Balaban J connectivity index is 1.66. The predicted octanol–water partition coefficient (Wildman–Crippen LogP) is 3.53. The van der Waals surface area contributed by atoms with Crippen LogP contribution in [-0.2, 0) is 11.3 Å². The first kappa shape index (κ1) is 18.7. The number of thiophene rings is 1. The highest BCUT2D eigenvalue weighted by Gasteiger charge is 2.44. The molecule has 4 heterocycles. The van der Waals surface area contributed by atoms with E-state index in [0.29, 0.717) is 28.5 Å². The monoisotopic (exact) mass is 403 g/mol. The van der Waals surface area contributed by atoms with E-state index >= 15 is 0 Å². The lowest BCUT2D eigenvalue weighted by Crippen LogP contribution is -2.61. The number of aromatic nitrogens is 2. The fourth-order valence-corrected chi connectivity index (χ4v) is 4.36. The zero-order valence-electron chi connectivity index (χ0n) is 15.5. The van der Waals surface area contributed by atoms with Crippen molar-refractivity contribution in [1.29, 1.82) is 0 Å². The largest absolute Gasteiger partial charge is 0.335 e. The van der Waals surface area contributed by atoms with Crippen molar-refractivity contribution in [3.05, 3.63) is 51.8 Å². The molecule has 0 radical (unpaired) electrons. The molecule has 0 atom stereocenters. The molecular formula is C20H19F2N3O2S. The first-order valence-electron chi connectivity index (χ1n) is 9.01. The van der Waals surface area contributed by atoms with Gasteiger partial charge in [-0.3, -0.25) is 9.59 Å². The van der Waals surface area contributed by atoms with Crippen LogP contribution in [0.1, 0.15) is 18.9 Å². The van der Waals surface area contributed by atoms with Crippen LogP contribution < -0.4 is 5.56 Å². The standard InChI is InChI=1S/C20H19F2N3O2S/c1-3-20(22)10-25(11-20)16(26)8-24-5-4-15-17(19(24)27)14(9-28-15)13-6-12(2)18(21)23-7-13/h4-7,9H,3,8,10-11H2,1-2H3. The second kappa shape index (κ2) is 6.77. The van der Waals surface area contributed by atoms with Crippen molar-refractivity contribution in [1.82, 2.24) is 14.5 Å². The summed E-state index contributed by atoms with van der Waals surface area (Å²) in [4.78, 5) is 30.6. The van der Waals surface area contributed by atoms with Gasteiger partial charge in [-0.25, -0.2) is 9.37 Å². The van der Waals surface area contributed by atoms with Gasteiger partial charge in [0.2, 0.25) is 11.9 Å². The molecule has 0 N–H and O–H groups in total. The van der Waals surface area contributed by atoms with E-state index < -0.39 is 11.6 Å². The minimum absolute atomic E-state index is 0.0730. The lowest BCUT2D eigenvalue weighted by molar-refractivity contribution is -0.146. The van der Waals surface area contributed by atoms with Crippen LogP contribution in [0.25, 0.3) is 21.2 Å². The summed E-state index contributed by atoms with van der Waals surface area (Å²) in [6.07, 6.45) is 3.35. The van der Waals surface area contributed by atoms with Crippen molar-refractivity contribution in [2.75, 3.05) is 13.1 Å². The predicted molar refractivity (Wildman–Crippen MR) is 105 cm³/mol. The van der Waals surface area contributed by atoms with Crippen molar-refractivity contribution in [2.24, 2.45) is 0 Å². The van der Waals surface area contributed by atoms with E-state index in [1.807, 2.05) is 5.38 Å². The second-order valence-corrected chi connectivity index (χ2v) is 8.13. The van der Waals surface area contributed by atoms with E-state index in [0.717, 1.165) is 4.70 Å². The summed E-state index contributed by atoms with van der Waals surface area (Å²) in [6, 6.07) is 3.43.